The molecule has 0 saturated heterocycles. The minimum atomic E-state index is -2.08. The van der Waals surface area contributed by atoms with Crippen molar-refractivity contribution >= 4 is 81.9 Å². The second-order valence-electron chi connectivity index (χ2n) is 19.0. The number of halogens is 1. The van der Waals surface area contributed by atoms with Gasteiger partial charge in [0, 0.05) is 47.5 Å². The van der Waals surface area contributed by atoms with Crippen molar-refractivity contribution in [2.45, 2.75) is 64.7 Å². The predicted molar refractivity (Wildman–Crippen MR) is 285 cm³/mol. The average molecular weight is 1150 g/mol. The monoisotopic (exact) mass is 1150 g/mol. The Labute approximate surface area is 420 Å². The van der Waals surface area contributed by atoms with Gasteiger partial charge in [-0.25, -0.2) is 9.37 Å². The summed E-state index contributed by atoms with van der Waals surface area (Å²) in [6.45, 7) is 12.4. The molecule has 0 fully saturated rings. The van der Waals surface area contributed by atoms with E-state index >= 15 is 0 Å². The van der Waals surface area contributed by atoms with E-state index in [2.05, 4.69) is 145 Å². The van der Waals surface area contributed by atoms with E-state index < -0.39 is 19.2 Å². The van der Waals surface area contributed by atoms with Crippen molar-refractivity contribution in [3.63, 3.8) is 0 Å². The zero-order chi connectivity index (χ0) is 47.6. The first-order valence-electron chi connectivity index (χ1n) is 23.5. The van der Waals surface area contributed by atoms with Gasteiger partial charge in [0.2, 0.25) is 0 Å². The van der Waals surface area contributed by atoms with Crippen molar-refractivity contribution in [2.24, 2.45) is 5.92 Å². The van der Waals surface area contributed by atoms with E-state index in [1.807, 2.05) is 69.4 Å². The zero-order valence-electron chi connectivity index (χ0n) is 40.8. The second-order valence-corrected chi connectivity index (χ2v) is 30.6. The second kappa shape index (κ2) is 18.9. The van der Waals surface area contributed by atoms with Crippen LogP contribution in [0.4, 0.5) is 4.39 Å². The number of hydrogen-bond donors (Lipinski definition) is 0. The van der Waals surface area contributed by atoms with Gasteiger partial charge in [-0.3, -0.25) is 4.98 Å². The Morgan fingerprint density at radius 3 is 2.00 bits per heavy atom. The molecule has 1 radical (unpaired) electrons. The van der Waals surface area contributed by atoms with E-state index in [0.717, 1.165) is 109 Å². The van der Waals surface area contributed by atoms with E-state index in [1.165, 1.54) is 9.78 Å². The van der Waals surface area contributed by atoms with Crippen LogP contribution in [-0.2, 0) is 20.1 Å². The summed E-state index contributed by atoms with van der Waals surface area (Å²) >= 11 is -0.400. The fourth-order valence-electron chi connectivity index (χ4n) is 9.54. The van der Waals surface area contributed by atoms with Crippen LogP contribution in [0.3, 0.4) is 0 Å². The Balaban J connectivity index is 0.000000218. The Bertz CT molecular complexity index is 3700. The van der Waals surface area contributed by atoms with Crippen LogP contribution in [-0.4, -0.2) is 32.8 Å². The molecule has 0 spiro atoms. The summed E-state index contributed by atoms with van der Waals surface area (Å²) in [6.07, 6.45) is 2.03. The van der Waals surface area contributed by atoms with E-state index in [9.17, 15) is 4.39 Å². The van der Waals surface area contributed by atoms with Gasteiger partial charge in [0.15, 0.2) is 0 Å². The molecular formula is C60H53FGeIrN4S-2. The van der Waals surface area contributed by atoms with Crippen LogP contribution < -0.4 is 4.40 Å². The molecule has 1 atom stereocenters. The SMILES string of the molecule is Cc1cc(F)cc(C)c1-n1c(-c2[c-]cc(C)c3c2sc2nc(-c4ccccc4)ccc23)nc2c3ccccc3c3ccccc3c21.[2H]C(C)(c1cc(-c2[c-]cccc2)nc[c]1[Ge]([CH3])([CH3])[CH3])C(C)C.[Ir]. The number of aryl methyl sites for hydroxylation is 3. The molecule has 0 aliphatic rings. The molecule has 4 aromatic heterocycles. The van der Waals surface area contributed by atoms with E-state index in [4.69, 9.17) is 11.3 Å². The van der Waals surface area contributed by atoms with E-state index in [-0.39, 0.29) is 31.8 Å². The van der Waals surface area contributed by atoms with Crippen LogP contribution in [0.2, 0.25) is 17.3 Å². The molecule has 8 heteroatoms. The Kier molecular flexibility index (Phi) is 12.8. The molecular weight excluding hydrogens is 1090 g/mol. The minimum Gasteiger partial charge on any atom is 0 e. The number of imidazole rings is 1. The third-order valence-corrected chi connectivity index (χ3v) is 18.4. The largest absolute Gasteiger partial charge is 0 e. The van der Waals surface area contributed by atoms with Gasteiger partial charge in [-0.1, -0.05) is 103 Å². The standard InChI is InChI=1S/C41H27FN3S.C19H26GeN.Ir/c1-23-17-18-33(39-35(23)32-19-20-34(43-41(32)46-39)26-11-5-4-6-12-26)40-44-36-30-15-9-7-13-28(30)29-14-8-10-16-31(29)38(36)45(40)37-24(2)21-27(42)22-25(37)3;1-14(2)15(3)17-12-19(16-10-8-7-9-11-16)21-13-18(17)20(4,5)6;/h4-17,19-22H,1-3H3;7-10,12-15H,1-6H3;/q2*-1;/i;15D;. The molecule has 7 aromatic carbocycles. The van der Waals surface area contributed by atoms with Crippen molar-refractivity contribution in [3.8, 4) is 39.6 Å². The fourth-order valence-corrected chi connectivity index (χ4v) is 14.0. The number of thiophene rings is 1. The maximum atomic E-state index is 14.7. The summed E-state index contributed by atoms with van der Waals surface area (Å²) in [4.78, 5) is 16.3. The van der Waals surface area contributed by atoms with Gasteiger partial charge in [-0.05, 0) is 58.6 Å². The minimum absolute atomic E-state index is 0. The van der Waals surface area contributed by atoms with Gasteiger partial charge in [0.05, 0.1) is 22.6 Å². The summed E-state index contributed by atoms with van der Waals surface area (Å²) in [6, 6.07) is 53.8. The molecule has 0 saturated carbocycles. The van der Waals surface area contributed by atoms with Crippen molar-refractivity contribution in [1.29, 1.82) is 0 Å². The number of aromatic nitrogens is 4. The summed E-state index contributed by atoms with van der Waals surface area (Å²) in [5.41, 5.74) is 11.7. The van der Waals surface area contributed by atoms with Crippen molar-refractivity contribution in [2.75, 3.05) is 0 Å². The van der Waals surface area contributed by atoms with Gasteiger partial charge >= 0.3 is 133 Å². The van der Waals surface area contributed by atoms with Crippen LogP contribution in [0.1, 0.15) is 50.3 Å². The number of pyridine rings is 2. The number of fused-ring (bicyclic) bond motifs is 9. The molecule has 4 heterocycles. The quantitative estimate of drug-likeness (QED) is 0.0907. The van der Waals surface area contributed by atoms with Gasteiger partial charge in [0.1, 0.15) is 10.6 Å². The zero-order valence-corrected chi connectivity index (χ0v) is 45.2. The number of benzene rings is 7. The smallest absolute Gasteiger partial charge is 0 e. The van der Waals surface area contributed by atoms with Gasteiger partial charge in [-0.2, -0.15) is 11.3 Å². The fraction of sp³-hybridized carbons (Fsp3) is 0.183. The Morgan fingerprint density at radius 1 is 0.691 bits per heavy atom. The van der Waals surface area contributed by atoms with Crippen molar-refractivity contribution in [3.05, 3.63) is 186 Å². The molecule has 0 bridgehead atoms. The maximum absolute atomic E-state index is 14.7. The summed E-state index contributed by atoms with van der Waals surface area (Å²) in [5.74, 6) is 7.30. The van der Waals surface area contributed by atoms with Crippen LogP contribution >= 0.6 is 11.3 Å². The number of hydrogen-bond acceptors (Lipinski definition) is 4. The molecule has 11 aromatic rings. The molecule has 11 rings (SSSR count). The van der Waals surface area contributed by atoms with Crippen LogP contribution in [0.5, 0.6) is 0 Å². The van der Waals surface area contributed by atoms with Crippen LogP contribution in [0.25, 0.3) is 92.5 Å². The van der Waals surface area contributed by atoms with E-state index in [1.54, 1.807) is 23.5 Å². The average Bonchev–Trinajstić information content (AvgIpc) is 3.92. The molecule has 1 unspecified atom stereocenters. The number of nitrogens with zero attached hydrogens (tertiary/aromatic N) is 4. The normalized spacial score (nSPS) is 12.9. The first-order valence-corrected chi connectivity index (χ1v) is 31.1. The number of rotatable bonds is 7. The van der Waals surface area contributed by atoms with Gasteiger partial charge in [-0.15, -0.1) is 17.7 Å². The molecule has 0 amide bonds. The Hall–Kier alpha value is -5.83. The van der Waals surface area contributed by atoms with Gasteiger partial charge in [0.25, 0.3) is 0 Å². The molecule has 0 aliphatic carbocycles. The summed E-state index contributed by atoms with van der Waals surface area (Å²) in [7, 11) is 0. The molecule has 68 heavy (non-hydrogen) atoms. The molecule has 341 valence electrons. The maximum Gasteiger partial charge on any atom is 0 e. The van der Waals surface area contributed by atoms with Crippen LogP contribution in [0, 0.1) is 44.6 Å². The first-order chi connectivity index (χ1) is 32.6. The summed E-state index contributed by atoms with van der Waals surface area (Å²) < 4.78 is 28.3. The predicted octanol–water partition coefficient (Wildman–Crippen LogP) is 16.1. The Morgan fingerprint density at radius 2 is 1.34 bits per heavy atom. The summed E-state index contributed by atoms with van der Waals surface area (Å²) in [5, 5.41) is 6.80. The van der Waals surface area contributed by atoms with Gasteiger partial charge < -0.3 is 4.57 Å². The van der Waals surface area contributed by atoms with Crippen LogP contribution in [0.15, 0.2) is 146 Å². The van der Waals surface area contributed by atoms with Crippen molar-refractivity contribution in [1.82, 2.24) is 19.5 Å². The molecule has 4 nitrogen and oxygen atoms in total. The van der Waals surface area contributed by atoms with E-state index in [0.29, 0.717) is 0 Å². The third kappa shape index (κ3) is 8.53. The topological polar surface area (TPSA) is 43.6 Å². The molecule has 0 aliphatic heterocycles. The third-order valence-electron chi connectivity index (χ3n) is 13.1. The van der Waals surface area contributed by atoms with Crippen molar-refractivity contribution < 1.29 is 25.9 Å². The first kappa shape index (κ1) is 45.9. The molecule has 0 N–H and O–H groups in total.